The van der Waals surface area contributed by atoms with Crippen molar-refractivity contribution in [2.45, 2.75) is 26.4 Å². The Labute approximate surface area is 133 Å². The van der Waals surface area contributed by atoms with E-state index in [4.69, 9.17) is 4.42 Å². The molecule has 3 aromatic rings. The third-order valence-electron chi connectivity index (χ3n) is 3.54. The fourth-order valence-corrected chi connectivity index (χ4v) is 2.62. The van der Waals surface area contributed by atoms with Gasteiger partial charge >= 0.3 is 0 Å². The Morgan fingerprint density at radius 3 is 2.65 bits per heavy atom. The van der Waals surface area contributed by atoms with Gasteiger partial charge in [0.1, 0.15) is 6.54 Å². The monoisotopic (exact) mass is 310 g/mol. The molecule has 0 unspecified atom stereocenters. The molecule has 0 saturated heterocycles. The fraction of sp³-hybridized carbons (Fsp3) is 0.222. The molecule has 118 valence electrons. The van der Waals surface area contributed by atoms with E-state index in [0.29, 0.717) is 11.3 Å². The second-order valence-electron chi connectivity index (χ2n) is 5.72. The maximum absolute atomic E-state index is 12.6. The van der Waals surface area contributed by atoms with Crippen molar-refractivity contribution in [2.24, 2.45) is 0 Å². The van der Waals surface area contributed by atoms with Gasteiger partial charge in [0.25, 0.3) is 0 Å². The zero-order valence-corrected chi connectivity index (χ0v) is 13.1. The smallest absolute Gasteiger partial charge is 0.240 e. The van der Waals surface area contributed by atoms with Gasteiger partial charge in [-0.05, 0) is 32.0 Å². The first-order chi connectivity index (χ1) is 11.1. The van der Waals surface area contributed by atoms with E-state index in [2.05, 4.69) is 5.32 Å². The topological polar surface area (TPSA) is 64.2 Å². The van der Waals surface area contributed by atoms with Gasteiger partial charge in [-0.15, -0.1) is 0 Å². The summed E-state index contributed by atoms with van der Waals surface area (Å²) in [6.45, 7) is 4.00. The van der Waals surface area contributed by atoms with E-state index in [-0.39, 0.29) is 24.3 Å². The lowest BCUT2D eigenvalue weighted by atomic mass is 10.1. The summed E-state index contributed by atoms with van der Waals surface area (Å²) < 4.78 is 7.00. The number of furan rings is 1. The van der Waals surface area contributed by atoms with Crippen LogP contribution in [0.4, 0.5) is 0 Å². The maximum atomic E-state index is 12.6. The lowest BCUT2D eigenvalue weighted by Gasteiger charge is -2.09. The number of carbonyl (C=O) groups excluding carboxylic acids is 2. The highest BCUT2D eigenvalue weighted by Gasteiger charge is 2.19. The molecule has 1 amide bonds. The molecule has 3 rings (SSSR count). The van der Waals surface area contributed by atoms with E-state index in [9.17, 15) is 9.59 Å². The number of nitrogens with one attached hydrogen (secondary N) is 1. The Bertz CT molecular complexity index is 844. The largest absolute Gasteiger partial charge is 0.461 e. The first kappa shape index (κ1) is 15.1. The molecule has 23 heavy (non-hydrogen) atoms. The Morgan fingerprint density at radius 1 is 1.17 bits per heavy atom. The summed E-state index contributed by atoms with van der Waals surface area (Å²) in [6, 6.07) is 10.9. The molecule has 0 bridgehead atoms. The lowest BCUT2D eigenvalue weighted by Crippen LogP contribution is -2.32. The van der Waals surface area contributed by atoms with Crippen molar-refractivity contribution < 1.29 is 14.0 Å². The quantitative estimate of drug-likeness (QED) is 0.737. The summed E-state index contributed by atoms with van der Waals surface area (Å²) in [4.78, 5) is 24.6. The van der Waals surface area contributed by atoms with Crippen LogP contribution >= 0.6 is 0 Å². The van der Waals surface area contributed by atoms with Gasteiger partial charge in [0, 0.05) is 23.1 Å². The molecule has 0 radical (unpaired) electrons. The van der Waals surface area contributed by atoms with Gasteiger partial charge in [-0.1, -0.05) is 18.2 Å². The molecule has 5 heteroatoms. The number of ketones is 1. The van der Waals surface area contributed by atoms with Crippen LogP contribution in [0.3, 0.4) is 0 Å². The molecule has 0 aliphatic heterocycles. The highest BCUT2D eigenvalue weighted by molar-refractivity contribution is 6.15. The van der Waals surface area contributed by atoms with Crippen LogP contribution in [0, 0.1) is 0 Å². The van der Waals surface area contributed by atoms with Crippen molar-refractivity contribution in [3.05, 3.63) is 60.2 Å². The number of hydrogen-bond donors (Lipinski definition) is 1. The van der Waals surface area contributed by atoms with Crippen molar-refractivity contribution in [3.8, 4) is 0 Å². The predicted molar refractivity (Wildman–Crippen MR) is 87.4 cm³/mol. The normalized spacial score (nSPS) is 11.1. The molecule has 5 nitrogen and oxygen atoms in total. The van der Waals surface area contributed by atoms with Crippen LogP contribution in [0.25, 0.3) is 10.9 Å². The summed E-state index contributed by atoms with van der Waals surface area (Å²) in [5, 5.41) is 3.67. The number of amides is 1. The van der Waals surface area contributed by atoms with Crippen molar-refractivity contribution in [3.63, 3.8) is 0 Å². The van der Waals surface area contributed by atoms with Gasteiger partial charge in [0.15, 0.2) is 5.76 Å². The van der Waals surface area contributed by atoms with Crippen molar-refractivity contribution in [1.29, 1.82) is 0 Å². The van der Waals surface area contributed by atoms with Crippen molar-refractivity contribution in [1.82, 2.24) is 9.88 Å². The highest BCUT2D eigenvalue weighted by atomic mass is 16.3. The van der Waals surface area contributed by atoms with Gasteiger partial charge in [0.2, 0.25) is 11.7 Å². The summed E-state index contributed by atoms with van der Waals surface area (Å²) in [7, 11) is 0. The minimum Gasteiger partial charge on any atom is -0.461 e. The molecule has 2 aromatic heterocycles. The molecule has 0 aliphatic carbocycles. The molecule has 0 atom stereocenters. The first-order valence-corrected chi connectivity index (χ1v) is 7.51. The highest BCUT2D eigenvalue weighted by Crippen LogP contribution is 2.24. The molecule has 1 N–H and O–H groups in total. The van der Waals surface area contributed by atoms with Crippen LogP contribution < -0.4 is 5.32 Å². The standard InChI is InChI=1S/C18H18N2O3/c1-12(2)19-17(21)11-20-10-14(13-6-3-4-7-15(13)20)18(22)16-8-5-9-23-16/h3-10,12H,11H2,1-2H3,(H,19,21). The van der Waals surface area contributed by atoms with Gasteiger partial charge in [0.05, 0.1) is 11.8 Å². The van der Waals surface area contributed by atoms with E-state index in [1.807, 2.05) is 38.1 Å². The van der Waals surface area contributed by atoms with Gasteiger partial charge in [-0.25, -0.2) is 0 Å². The zero-order chi connectivity index (χ0) is 16.4. The number of para-hydroxylation sites is 1. The van der Waals surface area contributed by atoms with Crippen molar-refractivity contribution >= 4 is 22.6 Å². The number of aromatic nitrogens is 1. The number of nitrogens with zero attached hydrogens (tertiary/aromatic N) is 1. The van der Waals surface area contributed by atoms with E-state index in [0.717, 1.165) is 10.9 Å². The SMILES string of the molecule is CC(C)NC(=O)Cn1cc(C(=O)c2ccco2)c2ccccc21. The average Bonchev–Trinajstić information content (AvgIpc) is 3.14. The van der Waals surface area contributed by atoms with E-state index >= 15 is 0 Å². The average molecular weight is 310 g/mol. The summed E-state index contributed by atoms with van der Waals surface area (Å²) >= 11 is 0. The minimum atomic E-state index is -0.186. The molecule has 0 fully saturated rings. The van der Waals surface area contributed by atoms with Crippen molar-refractivity contribution in [2.75, 3.05) is 0 Å². The third-order valence-corrected chi connectivity index (χ3v) is 3.54. The molecule has 1 aromatic carbocycles. The number of rotatable bonds is 5. The first-order valence-electron chi connectivity index (χ1n) is 7.51. The third kappa shape index (κ3) is 3.04. The van der Waals surface area contributed by atoms with E-state index < -0.39 is 0 Å². The van der Waals surface area contributed by atoms with E-state index in [1.54, 1.807) is 22.9 Å². The van der Waals surface area contributed by atoms with Crippen LogP contribution in [0.5, 0.6) is 0 Å². The lowest BCUT2D eigenvalue weighted by molar-refractivity contribution is -0.122. The van der Waals surface area contributed by atoms with Crippen LogP contribution in [0.15, 0.2) is 53.3 Å². The molecular weight excluding hydrogens is 292 g/mol. The Morgan fingerprint density at radius 2 is 1.96 bits per heavy atom. The Balaban J connectivity index is 2.00. The molecule has 0 saturated carbocycles. The van der Waals surface area contributed by atoms with Gasteiger partial charge in [-0.2, -0.15) is 0 Å². The van der Waals surface area contributed by atoms with Crippen LogP contribution in [-0.2, 0) is 11.3 Å². The minimum absolute atomic E-state index is 0.0774. The Hall–Kier alpha value is -2.82. The Kier molecular flexibility index (Phi) is 4.02. The van der Waals surface area contributed by atoms with E-state index in [1.165, 1.54) is 6.26 Å². The van der Waals surface area contributed by atoms with Crippen LogP contribution in [0.2, 0.25) is 0 Å². The fourth-order valence-electron chi connectivity index (χ4n) is 2.62. The molecule has 0 spiro atoms. The number of hydrogen-bond acceptors (Lipinski definition) is 3. The van der Waals surface area contributed by atoms with Gasteiger partial charge < -0.3 is 14.3 Å². The van der Waals surface area contributed by atoms with Gasteiger partial charge in [-0.3, -0.25) is 9.59 Å². The predicted octanol–water partition coefficient (Wildman–Crippen LogP) is 2.99. The summed E-state index contributed by atoms with van der Waals surface area (Å²) in [5.74, 6) is 0.0199. The second kappa shape index (κ2) is 6.12. The molecule has 0 aliphatic rings. The zero-order valence-electron chi connectivity index (χ0n) is 13.1. The maximum Gasteiger partial charge on any atom is 0.240 e. The summed E-state index contributed by atoms with van der Waals surface area (Å²) in [5.41, 5.74) is 1.38. The van der Waals surface area contributed by atoms with Crippen LogP contribution in [-0.4, -0.2) is 22.3 Å². The summed E-state index contributed by atoms with van der Waals surface area (Å²) in [6.07, 6.45) is 3.19. The number of benzene rings is 1. The number of carbonyl (C=O) groups is 2. The second-order valence-corrected chi connectivity index (χ2v) is 5.72. The molecule has 2 heterocycles. The number of fused-ring (bicyclic) bond motifs is 1. The van der Waals surface area contributed by atoms with Crippen LogP contribution in [0.1, 0.15) is 30.0 Å². The molecular formula is C18H18N2O3.